The average molecular weight is 325 g/mol. The van der Waals surface area contributed by atoms with E-state index >= 15 is 0 Å². The van der Waals surface area contributed by atoms with E-state index < -0.39 is 0 Å². The quantitative estimate of drug-likeness (QED) is 0.767. The molecule has 24 heavy (non-hydrogen) atoms. The van der Waals surface area contributed by atoms with Gasteiger partial charge >= 0.3 is 0 Å². The first-order valence-corrected chi connectivity index (χ1v) is 8.91. The number of hydrogen-bond acceptors (Lipinski definition) is 3. The third kappa shape index (κ3) is 4.59. The molecular weight excluding hydrogens is 298 g/mol. The second-order valence-corrected chi connectivity index (χ2v) is 6.68. The SMILES string of the molecule is CC(Nc1ccc(COC2CCCC2)cc1)c1cccc(CO)c1. The zero-order valence-electron chi connectivity index (χ0n) is 14.4. The maximum absolute atomic E-state index is 9.26. The monoisotopic (exact) mass is 325 g/mol. The Balaban J connectivity index is 1.54. The Morgan fingerprint density at radius 1 is 1.08 bits per heavy atom. The van der Waals surface area contributed by atoms with E-state index in [9.17, 15) is 5.11 Å². The molecule has 0 aromatic heterocycles. The summed E-state index contributed by atoms with van der Waals surface area (Å²) in [7, 11) is 0. The maximum Gasteiger partial charge on any atom is 0.0720 e. The number of anilines is 1. The van der Waals surface area contributed by atoms with Gasteiger partial charge in [-0.2, -0.15) is 0 Å². The Bertz CT molecular complexity index is 633. The minimum atomic E-state index is 0.0796. The van der Waals surface area contributed by atoms with Gasteiger partial charge in [-0.3, -0.25) is 0 Å². The van der Waals surface area contributed by atoms with Crippen LogP contribution in [0.2, 0.25) is 0 Å². The van der Waals surface area contributed by atoms with E-state index in [2.05, 4.69) is 42.6 Å². The molecule has 1 saturated carbocycles. The van der Waals surface area contributed by atoms with Gasteiger partial charge in [0.25, 0.3) is 0 Å². The molecule has 0 saturated heterocycles. The van der Waals surface area contributed by atoms with Gasteiger partial charge in [-0.15, -0.1) is 0 Å². The lowest BCUT2D eigenvalue weighted by Crippen LogP contribution is -2.08. The molecule has 2 aromatic rings. The molecule has 3 heteroatoms. The van der Waals surface area contributed by atoms with Crippen LogP contribution in [0, 0.1) is 0 Å². The van der Waals surface area contributed by atoms with Gasteiger partial charge in [-0.1, -0.05) is 49.2 Å². The first-order valence-electron chi connectivity index (χ1n) is 8.91. The highest BCUT2D eigenvalue weighted by Gasteiger charge is 2.15. The maximum atomic E-state index is 9.26. The van der Waals surface area contributed by atoms with Gasteiger partial charge in [0.1, 0.15) is 0 Å². The molecule has 2 aromatic carbocycles. The predicted octanol–water partition coefficient (Wildman–Crippen LogP) is 4.81. The molecule has 1 atom stereocenters. The average Bonchev–Trinajstić information content (AvgIpc) is 3.15. The predicted molar refractivity (Wildman–Crippen MR) is 97.9 cm³/mol. The van der Waals surface area contributed by atoms with Crippen LogP contribution in [-0.4, -0.2) is 11.2 Å². The first kappa shape index (κ1) is 17.0. The fourth-order valence-electron chi connectivity index (χ4n) is 3.26. The standard InChI is InChI=1S/C21H27NO2/c1-16(19-6-4-5-18(13-19)14-23)22-20-11-9-17(10-12-20)15-24-21-7-2-3-8-21/h4-6,9-13,16,21-23H,2-3,7-8,14-15H2,1H3. The van der Waals surface area contributed by atoms with Gasteiger partial charge in [-0.05, 0) is 48.6 Å². The van der Waals surface area contributed by atoms with E-state index in [4.69, 9.17) is 4.74 Å². The third-order valence-electron chi connectivity index (χ3n) is 4.76. The van der Waals surface area contributed by atoms with Gasteiger partial charge < -0.3 is 15.2 Å². The highest BCUT2D eigenvalue weighted by atomic mass is 16.5. The van der Waals surface area contributed by atoms with Crippen LogP contribution in [0.3, 0.4) is 0 Å². The van der Waals surface area contributed by atoms with Gasteiger partial charge in [0.15, 0.2) is 0 Å². The normalized spacial score (nSPS) is 16.2. The number of aliphatic hydroxyl groups excluding tert-OH is 1. The van der Waals surface area contributed by atoms with Crippen LogP contribution in [0.5, 0.6) is 0 Å². The lowest BCUT2D eigenvalue weighted by molar-refractivity contribution is 0.0457. The molecule has 0 amide bonds. The van der Waals surface area contributed by atoms with Crippen molar-refractivity contribution in [1.82, 2.24) is 0 Å². The topological polar surface area (TPSA) is 41.5 Å². The van der Waals surface area contributed by atoms with Crippen LogP contribution in [0.4, 0.5) is 5.69 Å². The molecule has 1 fully saturated rings. The van der Waals surface area contributed by atoms with E-state index in [1.165, 1.54) is 36.8 Å². The first-order chi connectivity index (χ1) is 11.7. The third-order valence-corrected chi connectivity index (χ3v) is 4.76. The molecule has 1 aliphatic rings. The number of benzene rings is 2. The summed E-state index contributed by atoms with van der Waals surface area (Å²) in [6.07, 6.45) is 5.50. The molecule has 0 radical (unpaired) electrons. The highest BCUT2D eigenvalue weighted by molar-refractivity contribution is 5.46. The van der Waals surface area contributed by atoms with Gasteiger partial charge in [0.2, 0.25) is 0 Å². The van der Waals surface area contributed by atoms with Crippen LogP contribution < -0.4 is 5.32 Å². The van der Waals surface area contributed by atoms with E-state index in [1.807, 2.05) is 18.2 Å². The fraction of sp³-hybridized carbons (Fsp3) is 0.429. The van der Waals surface area contributed by atoms with Crippen LogP contribution in [-0.2, 0) is 18.0 Å². The molecule has 3 nitrogen and oxygen atoms in total. The zero-order valence-corrected chi connectivity index (χ0v) is 14.4. The second-order valence-electron chi connectivity index (χ2n) is 6.68. The summed E-state index contributed by atoms with van der Waals surface area (Å²) in [4.78, 5) is 0. The number of ether oxygens (including phenoxy) is 1. The molecule has 0 heterocycles. The van der Waals surface area contributed by atoms with Crippen LogP contribution >= 0.6 is 0 Å². The summed E-state index contributed by atoms with van der Waals surface area (Å²) in [6, 6.07) is 16.7. The molecule has 0 bridgehead atoms. The van der Waals surface area contributed by atoms with E-state index in [-0.39, 0.29) is 12.6 Å². The molecule has 3 rings (SSSR count). The molecule has 1 aliphatic carbocycles. The zero-order chi connectivity index (χ0) is 16.8. The lowest BCUT2D eigenvalue weighted by Gasteiger charge is -2.17. The Kier molecular flexibility index (Phi) is 5.89. The lowest BCUT2D eigenvalue weighted by atomic mass is 10.0. The van der Waals surface area contributed by atoms with Crippen LogP contribution in [0.15, 0.2) is 48.5 Å². The van der Waals surface area contributed by atoms with E-state index in [0.717, 1.165) is 11.3 Å². The van der Waals surface area contributed by atoms with Crippen molar-refractivity contribution in [2.75, 3.05) is 5.32 Å². The van der Waals surface area contributed by atoms with Crippen molar-refractivity contribution in [3.8, 4) is 0 Å². The molecular formula is C21H27NO2. The summed E-state index contributed by atoms with van der Waals surface area (Å²) in [6.45, 7) is 2.92. The van der Waals surface area contributed by atoms with E-state index in [1.54, 1.807) is 0 Å². The van der Waals surface area contributed by atoms with Gasteiger partial charge in [0, 0.05) is 11.7 Å². The Hall–Kier alpha value is -1.84. The summed E-state index contributed by atoms with van der Waals surface area (Å²) >= 11 is 0. The summed E-state index contributed by atoms with van der Waals surface area (Å²) in [5.74, 6) is 0. The molecule has 0 aliphatic heterocycles. The summed E-state index contributed by atoms with van der Waals surface area (Å²) in [5.41, 5.74) is 4.44. The van der Waals surface area contributed by atoms with Gasteiger partial charge in [0.05, 0.1) is 19.3 Å². The largest absolute Gasteiger partial charge is 0.392 e. The molecule has 2 N–H and O–H groups in total. The van der Waals surface area contributed by atoms with Crippen LogP contribution in [0.25, 0.3) is 0 Å². The van der Waals surface area contributed by atoms with Gasteiger partial charge in [-0.25, -0.2) is 0 Å². The van der Waals surface area contributed by atoms with Crippen molar-refractivity contribution >= 4 is 5.69 Å². The summed E-state index contributed by atoms with van der Waals surface area (Å²) < 4.78 is 5.96. The fourth-order valence-corrected chi connectivity index (χ4v) is 3.26. The van der Waals surface area contributed by atoms with Crippen molar-refractivity contribution in [3.05, 3.63) is 65.2 Å². The number of aliphatic hydroxyl groups is 1. The number of nitrogens with one attached hydrogen (secondary N) is 1. The Labute approximate surface area is 144 Å². The molecule has 128 valence electrons. The van der Waals surface area contributed by atoms with Crippen molar-refractivity contribution in [1.29, 1.82) is 0 Å². The summed E-state index contributed by atoms with van der Waals surface area (Å²) in [5, 5.41) is 12.8. The second kappa shape index (κ2) is 8.32. The Morgan fingerprint density at radius 2 is 1.83 bits per heavy atom. The van der Waals surface area contributed by atoms with Crippen molar-refractivity contribution < 1.29 is 9.84 Å². The van der Waals surface area contributed by atoms with Crippen molar-refractivity contribution in [2.24, 2.45) is 0 Å². The van der Waals surface area contributed by atoms with E-state index in [0.29, 0.717) is 12.7 Å². The van der Waals surface area contributed by atoms with Crippen molar-refractivity contribution in [2.45, 2.75) is 58.0 Å². The number of rotatable bonds is 7. The molecule has 0 spiro atoms. The van der Waals surface area contributed by atoms with Crippen LogP contribution in [0.1, 0.15) is 55.3 Å². The minimum absolute atomic E-state index is 0.0796. The molecule has 1 unspecified atom stereocenters. The highest BCUT2D eigenvalue weighted by Crippen LogP contribution is 2.23. The Morgan fingerprint density at radius 3 is 2.54 bits per heavy atom. The van der Waals surface area contributed by atoms with Crippen molar-refractivity contribution in [3.63, 3.8) is 0 Å². The smallest absolute Gasteiger partial charge is 0.0720 e. The minimum Gasteiger partial charge on any atom is -0.392 e. The number of hydrogen-bond donors (Lipinski definition) is 2.